The van der Waals surface area contributed by atoms with E-state index in [1.807, 2.05) is 0 Å². The number of fused-ring (bicyclic) bond motifs is 2. The average Bonchev–Trinajstić information content (AvgIpc) is 2.90. The first-order chi connectivity index (χ1) is 8.37. The molecule has 3 rings (SSSR count). The fraction of sp³-hybridized carbons (Fsp3) is 0.833. The van der Waals surface area contributed by atoms with Crippen molar-refractivity contribution in [2.24, 2.45) is 11.8 Å². The molecule has 2 fully saturated rings. The van der Waals surface area contributed by atoms with Crippen molar-refractivity contribution in [1.29, 1.82) is 0 Å². The van der Waals surface area contributed by atoms with Gasteiger partial charge in [0.2, 0.25) is 11.7 Å². The molecule has 0 radical (unpaired) electrons. The Hall–Kier alpha value is -1.04. The van der Waals surface area contributed by atoms with Crippen LogP contribution in [0, 0.1) is 11.8 Å². The van der Waals surface area contributed by atoms with Gasteiger partial charge in [-0.05, 0) is 37.5 Å². The second kappa shape index (κ2) is 3.73. The minimum Gasteiger partial charge on any atom is -0.389 e. The zero-order valence-corrected chi connectivity index (χ0v) is 10.2. The molecule has 0 unspecified atom stereocenters. The summed E-state index contributed by atoms with van der Waals surface area (Å²) in [5.41, 5.74) is -0.838. The maximum Gasteiger partial charge on any atom is 0.307 e. The van der Waals surface area contributed by atoms with Gasteiger partial charge in [0.05, 0.1) is 12.0 Å². The molecule has 18 heavy (non-hydrogen) atoms. The van der Waals surface area contributed by atoms with Gasteiger partial charge < -0.3 is 9.63 Å². The minimum absolute atomic E-state index is 0.113. The van der Waals surface area contributed by atoms with Gasteiger partial charge in [0.25, 0.3) is 0 Å². The third-order valence-corrected chi connectivity index (χ3v) is 4.26. The van der Waals surface area contributed by atoms with E-state index < -0.39 is 17.3 Å². The van der Waals surface area contributed by atoms with Gasteiger partial charge in [0.15, 0.2) is 0 Å². The predicted octanol–water partition coefficient (Wildman–Crippen LogP) is 2.27. The van der Waals surface area contributed by atoms with Crippen molar-refractivity contribution in [3.63, 3.8) is 0 Å². The average molecular weight is 258 g/mol. The van der Waals surface area contributed by atoms with Crippen LogP contribution >= 0.6 is 0 Å². The molecule has 1 aromatic heterocycles. The van der Waals surface area contributed by atoms with Gasteiger partial charge in [0.1, 0.15) is 0 Å². The third-order valence-electron chi connectivity index (χ3n) is 4.26. The molecule has 1 N–H and O–H groups in total. The molecule has 1 aromatic rings. The molecule has 2 aliphatic rings. The van der Waals surface area contributed by atoms with Crippen molar-refractivity contribution in [3.8, 4) is 0 Å². The predicted molar refractivity (Wildman–Crippen MR) is 58.0 cm³/mol. The van der Waals surface area contributed by atoms with Crippen molar-refractivity contribution in [1.82, 2.24) is 10.1 Å². The molecule has 0 saturated heterocycles. The van der Waals surface area contributed by atoms with Gasteiger partial charge in [-0.2, -0.15) is 13.8 Å². The fourth-order valence-corrected chi connectivity index (χ4v) is 3.40. The van der Waals surface area contributed by atoms with E-state index in [2.05, 4.69) is 10.1 Å². The number of nitrogens with zero attached hydrogens (tertiary/aromatic N) is 2. The van der Waals surface area contributed by atoms with Crippen molar-refractivity contribution >= 4 is 0 Å². The van der Waals surface area contributed by atoms with Gasteiger partial charge in [-0.3, -0.25) is 0 Å². The highest BCUT2D eigenvalue weighted by atomic mass is 19.3. The van der Waals surface area contributed by atoms with Crippen LogP contribution in [0.15, 0.2) is 4.52 Å². The molecule has 0 aromatic carbocycles. The maximum atomic E-state index is 13.0. The van der Waals surface area contributed by atoms with E-state index in [1.165, 1.54) is 0 Å². The molecule has 2 bridgehead atoms. The van der Waals surface area contributed by atoms with Crippen molar-refractivity contribution in [2.45, 2.75) is 50.6 Å². The van der Waals surface area contributed by atoms with Crippen LogP contribution in [0.4, 0.5) is 8.78 Å². The molecule has 2 saturated carbocycles. The Morgan fingerprint density at radius 1 is 1.50 bits per heavy atom. The summed E-state index contributed by atoms with van der Waals surface area (Å²) < 4.78 is 30.8. The van der Waals surface area contributed by atoms with Crippen LogP contribution in [-0.4, -0.2) is 20.8 Å². The van der Waals surface area contributed by atoms with Crippen LogP contribution in [0.5, 0.6) is 0 Å². The molecule has 4 nitrogen and oxygen atoms in total. The molecule has 0 spiro atoms. The van der Waals surface area contributed by atoms with Gasteiger partial charge >= 0.3 is 5.92 Å². The quantitative estimate of drug-likeness (QED) is 0.903. The van der Waals surface area contributed by atoms with E-state index in [1.54, 1.807) is 0 Å². The molecule has 6 heteroatoms. The van der Waals surface area contributed by atoms with Gasteiger partial charge in [-0.15, -0.1) is 0 Å². The van der Waals surface area contributed by atoms with Crippen LogP contribution in [0.1, 0.15) is 44.3 Å². The van der Waals surface area contributed by atoms with E-state index in [4.69, 9.17) is 4.52 Å². The van der Waals surface area contributed by atoms with Gasteiger partial charge in [-0.25, -0.2) is 0 Å². The molecular formula is C12H16F2N2O2. The van der Waals surface area contributed by atoms with E-state index in [0.29, 0.717) is 5.92 Å². The molecular weight excluding hydrogens is 242 g/mol. The fourth-order valence-electron chi connectivity index (χ4n) is 3.40. The zero-order valence-electron chi connectivity index (χ0n) is 10.2. The Kier molecular flexibility index (Phi) is 2.49. The molecule has 3 atom stereocenters. The first-order valence-corrected chi connectivity index (χ1v) is 6.30. The lowest BCUT2D eigenvalue weighted by Crippen LogP contribution is -2.37. The Labute approximate surface area is 103 Å². The van der Waals surface area contributed by atoms with Gasteiger partial charge in [-0.1, -0.05) is 5.16 Å². The number of rotatable bonds is 3. The van der Waals surface area contributed by atoms with Crippen LogP contribution in [0.3, 0.4) is 0 Å². The van der Waals surface area contributed by atoms with Crippen LogP contribution in [0.2, 0.25) is 0 Å². The SMILES string of the molecule is CC(F)(F)c1noc(C[C@]2(O)C[C@H]3CC[C@H]2C3)n1. The zero-order chi connectivity index (χ0) is 13.0. The standard InChI is InChI=1S/C12H16F2N2O2/c1-11(13,14)10-15-9(18-16-10)6-12(17)5-7-2-3-8(12)4-7/h7-8,17H,2-6H2,1H3/t7-,8-,12+/m0/s1. The number of hydrogen-bond acceptors (Lipinski definition) is 4. The molecule has 1 heterocycles. The Bertz CT molecular complexity index is 457. The maximum absolute atomic E-state index is 13.0. The highest BCUT2D eigenvalue weighted by Crippen LogP contribution is 2.51. The van der Waals surface area contributed by atoms with Gasteiger partial charge in [0, 0.05) is 6.92 Å². The van der Waals surface area contributed by atoms with E-state index in [0.717, 1.165) is 32.6 Å². The third kappa shape index (κ3) is 1.92. The van der Waals surface area contributed by atoms with E-state index >= 15 is 0 Å². The van der Waals surface area contributed by atoms with Crippen molar-refractivity contribution < 1.29 is 18.4 Å². The normalized spacial score (nSPS) is 35.3. The number of aromatic nitrogens is 2. The first-order valence-electron chi connectivity index (χ1n) is 6.30. The summed E-state index contributed by atoms with van der Waals surface area (Å²) in [7, 11) is 0. The Morgan fingerprint density at radius 2 is 2.28 bits per heavy atom. The second-order valence-electron chi connectivity index (χ2n) is 5.76. The lowest BCUT2D eigenvalue weighted by Gasteiger charge is -2.30. The summed E-state index contributed by atoms with van der Waals surface area (Å²) in [4.78, 5) is 3.69. The van der Waals surface area contributed by atoms with Crippen LogP contribution in [-0.2, 0) is 12.3 Å². The summed E-state index contributed by atoms with van der Waals surface area (Å²) in [6, 6.07) is 0. The lowest BCUT2D eigenvalue weighted by molar-refractivity contribution is -0.0184. The molecule has 100 valence electrons. The summed E-state index contributed by atoms with van der Waals surface area (Å²) in [6.07, 6.45) is 4.11. The van der Waals surface area contributed by atoms with Crippen LogP contribution < -0.4 is 0 Å². The van der Waals surface area contributed by atoms with Crippen molar-refractivity contribution in [2.75, 3.05) is 0 Å². The minimum atomic E-state index is -3.10. The first kappa shape index (κ1) is 12.0. The Morgan fingerprint density at radius 3 is 2.78 bits per heavy atom. The molecule has 0 aliphatic heterocycles. The lowest BCUT2D eigenvalue weighted by atomic mass is 9.82. The van der Waals surface area contributed by atoms with Crippen LogP contribution in [0.25, 0.3) is 0 Å². The highest BCUT2D eigenvalue weighted by molar-refractivity contribution is 5.06. The highest BCUT2D eigenvalue weighted by Gasteiger charge is 2.50. The van der Waals surface area contributed by atoms with E-state index in [9.17, 15) is 13.9 Å². The molecule has 2 aliphatic carbocycles. The Balaban J connectivity index is 1.75. The smallest absolute Gasteiger partial charge is 0.307 e. The molecule has 0 amide bonds. The van der Waals surface area contributed by atoms with E-state index in [-0.39, 0.29) is 18.2 Å². The number of hydrogen-bond donors (Lipinski definition) is 1. The number of aliphatic hydroxyl groups is 1. The topological polar surface area (TPSA) is 59.2 Å². The second-order valence-corrected chi connectivity index (χ2v) is 5.76. The summed E-state index contributed by atoms with van der Waals surface area (Å²) >= 11 is 0. The number of halogens is 2. The summed E-state index contributed by atoms with van der Waals surface area (Å²) in [5.74, 6) is -2.78. The summed E-state index contributed by atoms with van der Waals surface area (Å²) in [6.45, 7) is 0.730. The summed E-state index contributed by atoms with van der Waals surface area (Å²) in [5, 5.41) is 13.8. The van der Waals surface area contributed by atoms with Crippen molar-refractivity contribution in [3.05, 3.63) is 11.7 Å². The number of alkyl halides is 2. The monoisotopic (exact) mass is 258 g/mol. The largest absolute Gasteiger partial charge is 0.389 e.